The monoisotopic (exact) mass is 492 g/mol. The molecular weight excluding hydrogens is 482 g/mol. The number of aromatic hydroxyl groups is 2. The van der Waals surface area contributed by atoms with E-state index in [0.717, 1.165) is 12.1 Å². The first kappa shape index (κ1) is 22.0. The number of halogens is 4. The molecule has 1 unspecified atom stereocenters. The van der Waals surface area contributed by atoms with Gasteiger partial charge in [0.15, 0.2) is 4.75 Å². The second-order valence-corrected chi connectivity index (χ2v) is 9.36. The maximum Gasteiger partial charge on any atom is 0.283 e. The molecule has 0 radical (unpaired) electrons. The predicted octanol–water partition coefficient (Wildman–Crippen LogP) is 5.89. The Morgan fingerprint density at radius 1 is 0.724 bits per heavy atom. The van der Waals surface area contributed by atoms with Crippen molar-refractivity contribution in [2.24, 2.45) is 0 Å². The number of hydrogen-bond donors (Lipinski definition) is 3. The molecule has 0 spiro atoms. The van der Waals surface area contributed by atoms with Crippen molar-refractivity contribution in [3.63, 3.8) is 0 Å². The zero-order chi connectivity index (χ0) is 21.6. The molecule has 0 fully saturated rings. The van der Waals surface area contributed by atoms with E-state index < -0.39 is 26.4 Å². The van der Waals surface area contributed by atoms with Crippen LogP contribution in [0.15, 0.2) is 54.6 Å². The van der Waals surface area contributed by atoms with E-state index in [9.17, 15) is 23.2 Å². The highest BCUT2D eigenvalue weighted by Crippen LogP contribution is 2.51. The van der Waals surface area contributed by atoms with Gasteiger partial charge < -0.3 is 10.2 Å². The lowest BCUT2D eigenvalue weighted by molar-refractivity contribution is 0.434. The minimum Gasteiger partial charge on any atom is -0.508 e. The van der Waals surface area contributed by atoms with Gasteiger partial charge in [-0.2, -0.15) is 8.42 Å². The van der Waals surface area contributed by atoms with Crippen LogP contribution in [0.3, 0.4) is 0 Å². The van der Waals surface area contributed by atoms with Crippen molar-refractivity contribution in [1.82, 2.24) is 0 Å². The van der Waals surface area contributed by atoms with E-state index in [0.29, 0.717) is 0 Å². The summed E-state index contributed by atoms with van der Waals surface area (Å²) < 4.78 is 33.9. The van der Waals surface area contributed by atoms with E-state index in [4.69, 9.17) is 46.4 Å². The molecular formula is C19H12Cl4O5S. The molecule has 3 rings (SSSR count). The van der Waals surface area contributed by atoms with Gasteiger partial charge in [-0.3, -0.25) is 4.55 Å². The summed E-state index contributed by atoms with van der Waals surface area (Å²) in [7, 11) is -5.09. The molecule has 29 heavy (non-hydrogen) atoms. The molecule has 10 heteroatoms. The van der Waals surface area contributed by atoms with Crippen LogP contribution in [0.5, 0.6) is 11.5 Å². The summed E-state index contributed by atoms with van der Waals surface area (Å²) in [5, 5.41) is 20.8. The summed E-state index contributed by atoms with van der Waals surface area (Å²) >= 11 is 24.2. The van der Waals surface area contributed by atoms with Crippen molar-refractivity contribution in [2.75, 3.05) is 0 Å². The molecule has 0 aromatic heterocycles. The maximum atomic E-state index is 12.9. The van der Waals surface area contributed by atoms with Crippen LogP contribution in [-0.4, -0.2) is 23.2 Å². The molecule has 3 aromatic carbocycles. The molecule has 0 aliphatic carbocycles. The Hall–Kier alpha value is -1.67. The van der Waals surface area contributed by atoms with Crippen LogP contribution in [0.1, 0.15) is 16.7 Å². The molecule has 152 valence electrons. The Balaban J connectivity index is 2.61. The number of hydrogen-bond acceptors (Lipinski definition) is 4. The average molecular weight is 494 g/mol. The minimum atomic E-state index is -5.09. The van der Waals surface area contributed by atoms with Gasteiger partial charge in [-0.05, 0) is 35.9 Å². The highest BCUT2D eigenvalue weighted by molar-refractivity contribution is 7.87. The summed E-state index contributed by atoms with van der Waals surface area (Å²) in [5.74, 6) is -1.11. The first-order chi connectivity index (χ1) is 13.5. The number of rotatable bonds is 4. The summed E-state index contributed by atoms with van der Waals surface area (Å²) in [5.41, 5.74) is -0.535. The molecule has 0 saturated heterocycles. The molecule has 1 atom stereocenters. The largest absolute Gasteiger partial charge is 0.508 e. The van der Waals surface area contributed by atoms with Gasteiger partial charge in [-0.1, -0.05) is 64.6 Å². The summed E-state index contributed by atoms with van der Waals surface area (Å²) in [4.78, 5) is 0. The van der Waals surface area contributed by atoms with Crippen LogP contribution in [-0.2, 0) is 14.9 Å². The Labute approximate surface area is 186 Å². The number of benzene rings is 3. The molecule has 0 aliphatic rings. The third-order valence-corrected chi connectivity index (χ3v) is 6.91. The fourth-order valence-corrected chi connectivity index (χ4v) is 5.48. The maximum absolute atomic E-state index is 12.9. The summed E-state index contributed by atoms with van der Waals surface area (Å²) in [6.45, 7) is 0. The first-order valence-electron chi connectivity index (χ1n) is 7.89. The average Bonchev–Trinajstić information content (AvgIpc) is 2.60. The lowest BCUT2D eigenvalue weighted by Gasteiger charge is -2.34. The lowest BCUT2D eigenvalue weighted by Crippen LogP contribution is -2.38. The Morgan fingerprint density at radius 2 is 1.38 bits per heavy atom. The van der Waals surface area contributed by atoms with Crippen molar-refractivity contribution in [1.29, 1.82) is 0 Å². The lowest BCUT2D eigenvalue weighted by atomic mass is 9.83. The normalized spacial score (nSPS) is 13.8. The quantitative estimate of drug-likeness (QED) is 0.239. The minimum absolute atomic E-state index is 0.0336. The molecule has 0 bridgehead atoms. The number of phenols is 2. The van der Waals surface area contributed by atoms with Crippen LogP contribution < -0.4 is 0 Å². The van der Waals surface area contributed by atoms with E-state index in [1.165, 1.54) is 42.5 Å². The SMILES string of the molecule is O=S(=O)(O)C(c1cccc(Cl)c1)(c1cc(O)c(Cl)cc1O)c1ccc(Cl)cc1Cl. The van der Waals surface area contributed by atoms with Crippen molar-refractivity contribution < 1.29 is 23.2 Å². The van der Waals surface area contributed by atoms with E-state index in [2.05, 4.69) is 0 Å². The Kier molecular flexibility index (Phi) is 5.98. The van der Waals surface area contributed by atoms with E-state index in [-0.39, 0.29) is 36.8 Å². The fourth-order valence-electron chi connectivity index (χ4n) is 3.20. The first-order valence-corrected chi connectivity index (χ1v) is 10.8. The third-order valence-electron chi connectivity index (χ3n) is 4.37. The summed E-state index contributed by atoms with van der Waals surface area (Å²) in [6, 6.07) is 11.5. The fraction of sp³-hybridized carbons (Fsp3) is 0.0526. The van der Waals surface area contributed by atoms with Crippen molar-refractivity contribution in [3.05, 3.63) is 91.4 Å². The van der Waals surface area contributed by atoms with Crippen molar-refractivity contribution >= 4 is 56.5 Å². The van der Waals surface area contributed by atoms with Gasteiger partial charge in [-0.15, -0.1) is 0 Å². The van der Waals surface area contributed by atoms with Crippen LogP contribution in [0.4, 0.5) is 0 Å². The Bertz CT molecular complexity index is 1210. The molecule has 5 nitrogen and oxygen atoms in total. The second-order valence-electron chi connectivity index (χ2n) is 6.11. The van der Waals surface area contributed by atoms with Gasteiger partial charge in [0, 0.05) is 32.3 Å². The smallest absolute Gasteiger partial charge is 0.283 e. The third kappa shape index (κ3) is 3.77. The molecule has 0 aliphatic heterocycles. The van der Waals surface area contributed by atoms with E-state index in [1.807, 2.05) is 0 Å². The standard InChI is InChI=1S/C19H12Cl4O5S/c20-11-3-1-2-10(6-11)19(29(26,27)28,13-5-4-12(21)7-15(13)22)14-8-18(25)16(23)9-17(14)24/h1-9,24-25H,(H,26,27,28). The van der Waals surface area contributed by atoms with Gasteiger partial charge in [0.25, 0.3) is 10.1 Å². The second kappa shape index (κ2) is 7.87. The topological polar surface area (TPSA) is 94.8 Å². The predicted molar refractivity (Wildman–Crippen MR) is 114 cm³/mol. The molecule has 3 aromatic rings. The van der Waals surface area contributed by atoms with Crippen LogP contribution in [0, 0.1) is 0 Å². The van der Waals surface area contributed by atoms with Gasteiger partial charge in [-0.25, -0.2) is 0 Å². The molecule has 0 saturated carbocycles. The van der Waals surface area contributed by atoms with Gasteiger partial charge in [0.05, 0.1) is 5.02 Å². The van der Waals surface area contributed by atoms with E-state index >= 15 is 0 Å². The molecule has 3 N–H and O–H groups in total. The zero-order valence-electron chi connectivity index (χ0n) is 14.3. The highest BCUT2D eigenvalue weighted by Gasteiger charge is 2.51. The van der Waals surface area contributed by atoms with Crippen LogP contribution in [0.25, 0.3) is 0 Å². The number of phenolic OH excluding ortho intramolecular Hbond substituents is 2. The van der Waals surface area contributed by atoms with Crippen LogP contribution in [0.2, 0.25) is 20.1 Å². The summed E-state index contributed by atoms with van der Waals surface area (Å²) in [6.07, 6.45) is 0. The Morgan fingerprint density at radius 3 is 1.97 bits per heavy atom. The van der Waals surface area contributed by atoms with Gasteiger partial charge in [0.2, 0.25) is 0 Å². The van der Waals surface area contributed by atoms with Crippen LogP contribution >= 0.6 is 46.4 Å². The van der Waals surface area contributed by atoms with Gasteiger partial charge in [0.1, 0.15) is 11.5 Å². The van der Waals surface area contributed by atoms with Crippen molar-refractivity contribution in [2.45, 2.75) is 4.75 Å². The zero-order valence-corrected chi connectivity index (χ0v) is 18.1. The van der Waals surface area contributed by atoms with E-state index in [1.54, 1.807) is 0 Å². The highest BCUT2D eigenvalue weighted by atomic mass is 35.5. The molecule has 0 heterocycles. The molecule has 0 amide bonds. The van der Waals surface area contributed by atoms with Crippen molar-refractivity contribution in [3.8, 4) is 11.5 Å². The van der Waals surface area contributed by atoms with Gasteiger partial charge >= 0.3 is 0 Å².